The van der Waals surface area contributed by atoms with Crippen LogP contribution in [-0.4, -0.2) is 21.0 Å². The number of ether oxygens (including phenoxy) is 1. The van der Waals surface area contributed by atoms with Crippen molar-refractivity contribution in [2.75, 3.05) is 4.90 Å². The first kappa shape index (κ1) is 31.3. The van der Waals surface area contributed by atoms with Crippen molar-refractivity contribution in [2.24, 2.45) is 0 Å². The Bertz CT molecular complexity index is 1880. The number of anilines is 3. The van der Waals surface area contributed by atoms with E-state index in [1.54, 1.807) is 18.5 Å². The molecule has 225 valence electrons. The van der Waals surface area contributed by atoms with Crippen molar-refractivity contribution in [2.45, 2.75) is 19.8 Å². The molecule has 45 heavy (non-hydrogen) atoms. The van der Waals surface area contributed by atoms with Gasteiger partial charge in [0.1, 0.15) is 11.4 Å². The molecule has 7 rings (SSSR count). The first-order valence-electron chi connectivity index (χ1n) is 14.4. The van der Waals surface area contributed by atoms with E-state index in [4.69, 9.17) is 9.84 Å². The number of benzene rings is 4. The summed E-state index contributed by atoms with van der Waals surface area (Å²) in [6.45, 7) is 4.42. The summed E-state index contributed by atoms with van der Waals surface area (Å²) in [4.78, 5) is 21.2. The Kier molecular flexibility index (Phi) is 9.83. The summed E-state index contributed by atoms with van der Waals surface area (Å²) in [6, 6.07) is 43.0. The third kappa shape index (κ3) is 6.86. The van der Waals surface area contributed by atoms with Crippen LogP contribution in [0.15, 0.2) is 134 Å². The van der Waals surface area contributed by atoms with E-state index in [1.807, 2.05) is 78.9 Å². The molecular formula is C38H30IrN3O3-. The molecule has 6 nitrogen and oxygen atoms in total. The predicted octanol–water partition coefficient (Wildman–Crippen LogP) is 9.69. The fourth-order valence-corrected chi connectivity index (χ4v) is 5.03. The molecule has 4 aromatic carbocycles. The number of rotatable bonds is 5. The fraction of sp³-hybridized carbons (Fsp3) is 0.0789. The second kappa shape index (κ2) is 14.1. The minimum Gasteiger partial charge on any atom is -0.498 e. The average Bonchev–Trinajstić information content (AvgIpc) is 3.08. The van der Waals surface area contributed by atoms with E-state index < -0.39 is 5.97 Å². The van der Waals surface area contributed by atoms with Gasteiger partial charge < -0.3 is 19.7 Å². The molecule has 0 saturated heterocycles. The number of nitrogens with zero attached hydrogens (tertiary/aromatic N) is 3. The van der Waals surface area contributed by atoms with Crippen LogP contribution < -0.4 is 9.64 Å². The summed E-state index contributed by atoms with van der Waals surface area (Å²) in [5.41, 5.74) is 8.16. The van der Waals surface area contributed by atoms with Crippen molar-refractivity contribution < 1.29 is 34.7 Å². The molecule has 0 atom stereocenters. The van der Waals surface area contributed by atoms with Crippen LogP contribution in [0.3, 0.4) is 0 Å². The Labute approximate surface area is 276 Å². The third-order valence-electron chi connectivity index (χ3n) is 7.32. The van der Waals surface area contributed by atoms with Gasteiger partial charge in [0, 0.05) is 49.4 Å². The molecule has 1 radical (unpaired) electrons. The molecule has 0 spiro atoms. The normalized spacial score (nSPS) is 11.2. The van der Waals surface area contributed by atoms with E-state index in [0.29, 0.717) is 5.92 Å². The Morgan fingerprint density at radius 3 is 2.18 bits per heavy atom. The molecule has 0 unspecified atom stereocenters. The van der Waals surface area contributed by atoms with Gasteiger partial charge in [-0.1, -0.05) is 92.2 Å². The zero-order valence-corrected chi connectivity index (χ0v) is 27.1. The van der Waals surface area contributed by atoms with Gasteiger partial charge in [-0.05, 0) is 59.1 Å². The van der Waals surface area contributed by atoms with E-state index in [0.717, 1.165) is 50.9 Å². The van der Waals surface area contributed by atoms with Crippen LogP contribution in [-0.2, 0) is 20.1 Å². The van der Waals surface area contributed by atoms with Crippen LogP contribution >= 0.6 is 0 Å². The quantitative estimate of drug-likeness (QED) is 0.176. The summed E-state index contributed by atoms with van der Waals surface area (Å²) >= 11 is 0. The van der Waals surface area contributed by atoms with Crippen LogP contribution in [0.4, 0.5) is 17.1 Å². The number of aromatic carboxylic acids is 1. The summed E-state index contributed by atoms with van der Waals surface area (Å²) in [7, 11) is 0. The molecule has 3 heterocycles. The number of hydrogen-bond donors (Lipinski definition) is 1. The van der Waals surface area contributed by atoms with Crippen molar-refractivity contribution >= 4 is 23.0 Å². The van der Waals surface area contributed by atoms with Gasteiger partial charge in [-0.2, -0.15) is 0 Å². The molecule has 0 amide bonds. The summed E-state index contributed by atoms with van der Waals surface area (Å²) in [6.07, 6.45) is 3.36. The minimum absolute atomic E-state index is 0. The molecule has 6 aromatic rings. The summed E-state index contributed by atoms with van der Waals surface area (Å²) in [5, 5.41) is 8.68. The van der Waals surface area contributed by atoms with Crippen molar-refractivity contribution in [3.05, 3.63) is 151 Å². The third-order valence-corrected chi connectivity index (χ3v) is 7.32. The van der Waals surface area contributed by atoms with Crippen LogP contribution in [0.25, 0.3) is 22.4 Å². The van der Waals surface area contributed by atoms with Crippen LogP contribution in [0.1, 0.15) is 35.8 Å². The average molecular weight is 769 g/mol. The van der Waals surface area contributed by atoms with Crippen LogP contribution in [0.2, 0.25) is 0 Å². The van der Waals surface area contributed by atoms with Crippen molar-refractivity contribution in [3.8, 4) is 33.9 Å². The monoisotopic (exact) mass is 769 g/mol. The Hall–Kier alpha value is -5.10. The SMILES string of the molecule is CC(C)c1ccc(N2c3ccccc3Oc3c(-c4ccccn4)[c-]ccc32)cc1.O=C(O)c1ccc(-c2ccccc2)cn1.[Ir]. The molecule has 1 aliphatic rings. The van der Waals surface area contributed by atoms with E-state index in [2.05, 4.69) is 65.1 Å². The van der Waals surface area contributed by atoms with Crippen molar-refractivity contribution in [1.82, 2.24) is 9.97 Å². The Balaban J connectivity index is 0.000000212. The molecule has 1 aliphatic heterocycles. The van der Waals surface area contributed by atoms with E-state index in [-0.39, 0.29) is 25.8 Å². The van der Waals surface area contributed by atoms with Crippen LogP contribution in [0, 0.1) is 6.07 Å². The summed E-state index contributed by atoms with van der Waals surface area (Å²) in [5.74, 6) is 1.09. The van der Waals surface area contributed by atoms with Gasteiger partial charge in [0.25, 0.3) is 0 Å². The first-order chi connectivity index (χ1) is 21.5. The Morgan fingerprint density at radius 2 is 1.51 bits per heavy atom. The van der Waals surface area contributed by atoms with Gasteiger partial charge in [0.2, 0.25) is 0 Å². The molecule has 2 aromatic heterocycles. The molecule has 0 fully saturated rings. The number of carbonyl (C=O) groups is 1. The minimum atomic E-state index is -1.00. The number of pyridine rings is 2. The number of aromatic nitrogens is 2. The largest absolute Gasteiger partial charge is 0.498 e. The van der Waals surface area contributed by atoms with E-state index in [1.165, 1.54) is 11.6 Å². The topological polar surface area (TPSA) is 75.5 Å². The molecule has 0 aliphatic carbocycles. The van der Waals surface area contributed by atoms with Gasteiger partial charge in [-0.3, -0.25) is 0 Å². The van der Waals surface area contributed by atoms with E-state index >= 15 is 0 Å². The van der Waals surface area contributed by atoms with Gasteiger partial charge in [-0.25, -0.2) is 9.78 Å². The second-order valence-corrected chi connectivity index (χ2v) is 10.5. The Morgan fingerprint density at radius 1 is 0.778 bits per heavy atom. The smallest absolute Gasteiger partial charge is 0.354 e. The molecular weight excluding hydrogens is 739 g/mol. The predicted molar refractivity (Wildman–Crippen MR) is 174 cm³/mol. The first-order valence-corrected chi connectivity index (χ1v) is 14.4. The zero-order chi connectivity index (χ0) is 30.5. The maximum Gasteiger partial charge on any atom is 0.354 e. The molecule has 0 saturated carbocycles. The maximum absolute atomic E-state index is 10.6. The molecule has 7 heteroatoms. The van der Waals surface area contributed by atoms with Crippen molar-refractivity contribution in [3.63, 3.8) is 0 Å². The van der Waals surface area contributed by atoms with Gasteiger partial charge in [0.15, 0.2) is 0 Å². The van der Waals surface area contributed by atoms with E-state index in [9.17, 15) is 4.79 Å². The second-order valence-electron chi connectivity index (χ2n) is 10.5. The molecule has 1 N–H and O–H groups in total. The number of para-hydroxylation sites is 2. The number of fused-ring (bicyclic) bond motifs is 2. The fourth-order valence-electron chi connectivity index (χ4n) is 5.03. The molecule has 0 bridgehead atoms. The van der Waals surface area contributed by atoms with Gasteiger partial charge in [-0.15, -0.1) is 18.2 Å². The maximum atomic E-state index is 10.6. The standard InChI is InChI=1S/C26H21N2O.C12H9NO2.Ir/c1-18(2)19-13-15-20(16-14-19)28-23-10-3-4-12-25(23)29-26-21(8-7-11-24(26)28)22-9-5-6-17-27-22;14-12(15)11-7-6-10(8-13-11)9-4-2-1-3-5-9;/h3-7,9-18H,1-2H3;1-8H,(H,14,15);/q-1;;. The number of carboxylic acids is 1. The zero-order valence-electron chi connectivity index (χ0n) is 24.7. The number of hydrogen-bond acceptors (Lipinski definition) is 5. The van der Waals surface area contributed by atoms with Gasteiger partial charge >= 0.3 is 5.97 Å². The van der Waals surface area contributed by atoms with Gasteiger partial charge in [0.05, 0.1) is 11.4 Å². The van der Waals surface area contributed by atoms with Crippen LogP contribution in [0.5, 0.6) is 11.5 Å². The number of carboxylic acid groups (broad SMARTS) is 1. The summed E-state index contributed by atoms with van der Waals surface area (Å²) < 4.78 is 6.36. The van der Waals surface area contributed by atoms with Crippen molar-refractivity contribution in [1.29, 1.82) is 0 Å².